The van der Waals surface area contributed by atoms with Crippen molar-refractivity contribution in [3.63, 3.8) is 0 Å². The number of nitrogens with zero attached hydrogens (tertiary/aromatic N) is 2. The number of unbranched alkanes of at least 4 members (excludes halogenated alkanes) is 6. The molecule has 30 heavy (non-hydrogen) atoms. The lowest BCUT2D eigenvalue weighted by molar-refractivity contribution is -0.0243. The van der Waals surface area contributed by atoms with E-state index in [9.17, 15) is 9.90 Å². The van der Waals surface area contributed by atoms with Gasteiger partial charge in [-0.3, -0.25) is 4.57 Å². The largest absolute Gasteiger partial charge is 0.443 e. The average Bonchev–Trinajstić information content (AvgIpc) is 3.37. The Morgan fingerprint density at radius 1 is 1.13 bits per heavy atom. The van der Waals surface area contributed by atoms with Gasteiger partial charge in [0.25, 0.3) is 0 Å². The second-order valence-electron chi connectivity index (χ2n) is 8.21. The summed E-state index contributed by atoms with van der Waals surface area (Å²) in [7, 11) is 0. The van der Waals surface area contributed by atoms with E-state index in [1.807, 2.05) is 6.07 Å². The Balaban J connectivity index is 1.38. The molecule has 7 nitrogen and oxygen atoms in total. The predicted octanol–water partition coefficient (Wildman–Crippen LogP) is 4.36. The van der Waals surface area contributed by atoms with Gasteiger partial charge in [-0.05, 0) is 38.2 Å². The Bertz CT molecular complexity index is 816. The van der Waals surface area contributed by atoms with E-state index < -0.39 is 0 Å². The molecule has 0 unspecified atom stereocenters. The van der Waals surface area contributed by atoms with E-state index >= 15 is 0 Å². The average molecular weight is 421 g/mol. The molecule has 1 aliphatic rings. The molecule has 2 aromatic rings. The van der Waals surface area contributed by atoms with Crippen LogP contribution in [0.5, 0.6) is 0 Å². The number of hydrogen-bond acceptors (Lipinski definition) is 6. The van der Waals surface area contributed by atoms with Crippen molar-refractivity contribution in [3.8, 4) is 0 Å². The Labute approximate surface area is 178 Å². The molecule has 1 N–H and O–H groups in total. The van der Waals surface area contributed by atoms with E-state index in [0.717, 1.165) is 50.0 Å². The lowest BCUT2D eigenvalue weighted by atomic mass is 10.1. The van der Waals surface area contributed by atoms with E-state index in [-0.39, 0.29) is 24.6 Å². The van der Waals surface area contributed by atoms with Gasteiger partial charge in [0.05, 0.1) is 18.1 Å². The Morgan fingerprint density at radius 3 is 2.63 bits per heavy atom. The first-order valence-electron chi connectivity index (χ1n) is 11.6. The van der Waals surface area contributed by atoms with E-state index in [1.54, 1.807) is 6.20 Å². The number of aromatic nitrogens is 2. The second kappa shape index (κ2) is 12.2. The molecule has 0 saturated carbocycles. The molecule has 7 heteroatoms. The van der Waals surface area contributed by atoms with Gasteiger partial charge in [0.1, 0.15) is 12.0 Å². The molecule has 0 spiro atoms. The number of furan rings is 1. The Kier molecular flexibility index (Phi) is 9.36. The minimum Gasteiger partial charge on any atom is -0.443 e. The van der Waals surface area contributed by atoms with Crippen LogP contribution in [-0.2, 0) is 15.9 Å². The van der Waals surface area contributed by atoms with Crippen molar-refractivity contribution in [2.24, 2.45) is 0 Å². The molecular weight excluding hydrogens is 384 g/mol. The standard InChI is InChI=1S/C23H36N2O5/c1-2-13-28-14-9-7-5-3-4-6-8-10-19-15-18-16-25(23(27)24-22(18)30-19)21-12-11-20(17-26)29-21/h15-16,20-21,26H,2-14,17H2,1H3/t20-,21+/m1/s1. The molecule has 1 saturated heterocycles. The van der Waals surface area contributed by atoms with E-state index in [0.29, 0.717) is 12.1 Å². The molecule has 0 bridgehead atoms. The molecule has 0 aliphatic carbocycles. The first-order chi connectivity index (χ1) is 14.7. The van der Waals surface area contributed by atoms with Gasteiger partial charge in [-0.1, -0.05) is 39.0 Å². The number of ether oxygens (including phenoxy) is 2. The molecule has 3 rings (SSSR count). The zero-order valence-electron chi connectivity index (χ0n) is 18.2. The van der Waals surface area contributed by atoms with Crippen LogP contribution in [-0.4, -0.2) is 40.6 Å². The van der Waals surface area contributed by atoms with Gasteiger partial charge in [0, 0.05) is 25.8 Å². The van der Waals surface area contributed by atoms with Crippen LogP contribution < -0.4 is 5.69 Å². The highest BCUT2D eigenvalue weighted by Gasteiger charge is 2.27. The highest BCUT2D eigenvalue weighted by atomic mass is 16.5. The third-order valence-corrected chi connectivity index (χ3v) is 5.65. The van der Waals surface area contributed by atoms with Gasteiger partial charge in [0.15, 0.2) is 0 Å². The lowest BCUT2D eigenvalue weighted by Crippen LogP contribution is -2.27. The van der Waals surface area contributed by atoms with Crippen molar-refractivity contribution in [1.29, 1.82) is 0 Å². The molecule has 1 fully saturated rings. The third-order valence-electron chi connectivity index (χ3n) is 5.65. The zero-order chi connectivity index (χ0) is 21.2. The SMILES string of the molecule is CCCOCCCCCCCCCc1cc2cn([C@@H]3CC[C@H](CO)O3)c(=O)nc2o1. The fourth-order valence-electron chi connectivity index (χ4n) is 3.97. The fourth-order valence-corrected chi connectivity index (χ4v) is 3.97. The normalized spacial score (nSPS) is 19.1. The summed E-state index contributed by atoms with van der Waals surface area (Å²) in [5.74, 6) is 0.878. The highest BCUT2D eigenvalue weighted by Crippen LogP contribution is 2.28. The summed E-state index contributed by atoms with van der Waals surface area (Å²) in [6, 6.07) is 1.98. The van der Waals surface area contributed by atoms with E-state index in [1.165, 1.54) is 43.1 Å². The van der Waals surface area contributed by atoms with Gasteiger partial charge in [-0.25, -0.2) is 4.79 Å². The van der Waals surface area contributed by atoms with Gasteiger partial charge in [0.2, 0.25) is 5.71 Å². The zero-order valence-corrected chi connectivity index (χ0v) is 18.2. The van der Waals surface area contributed by atoms with Crippen LogP contribution in [0, 0.1) is 0 Å². The number of fused-ring (bicyclic) bond motifs is 1. The number of rotatable bonds is 14. The van der Waals surface area contributed by atoms with Crippen molar-refractivity contribution in [3.05, 3.63) is 28.5 Å². The number of aliphatic hydroxyl groups excluding tert-OH is 1. The van der Waals surface area contributed by atoms with Crippen LogP contribution in [0.1, 0.15) is 83.1 Å². The minimum atomic E-state index is -0.368. The number of aliphatic hydroxyl groups is 1. The maximum atomic E-state index is 12.3. The van der Waals surface area contributed by atoms with Crippen molar-refractivity contribution < 1.29 is 19.0 Å². The Hall–Kier alpha value is -1.70. The minimum absolute atomic E-state index is 0.0237. The Morgan fingerprint density at radius 2 is 1.90 bits per heavy atom. The predicted molar refractivity (Wildman–Crippen MR) is 116 cm³/mol. The van der Waals surface area contributed by atoms with Gasteiger partial charge in [-0.2, -0.15) is 4.98 Å². The molecular formula is C23H36N2O5. The number of hydrogen-bond donors (Lipinski definition) is 1. The van der Waals surface area contributed by atoms with E-state index in [2.05, 4.69) is 11.9 Å². The highest BCUT2D eigenvalue weighted by molar-refractivity contribution is 5.72. The lowest BCUT2D eigenvalue weighted by Gasteiger charge is -2.14. The fraction of sp³-hybridized carbons (Fsp3) is 0.739. The molecule has 0 amide bonds. The van der Waals surface area contributed by atoms with Crippen LogP contribution in [0.4, 0.5) is 0 Å². The molecule has 0 radical (unpaired) electrons. The number of aryl methyl sites for hydroxylation is 1. The topological polar surface area (TPSA) is 86.7 Å². The molecule has 0 aromatic carbocycles. The summed E-state index contributed by atoms with van der Waals surface area (Å²) in [6.07, 6.45) is 13.1. The third kappa shape index (κ3) is 6.65. The summed E-state index contributed by atoms with van der Waals surface area (Å²) in [5.41, 5.74) is 0.0281. The van der Waals surface area contributed by atoms with Crippen molar-refractivity contribution >= 4 is 11.1 Å². The van der Waals surface area contributed by atoms with Gasteiger partial charge >= 0.3 is 5.69 Å². The van der Waals surface area contributed by atoms with Crippen LogP contribution in [0.15, 0.2) is 21.5 Å². The summed E-state index contributed by atoms with van der Waals surface area (Å²) in [5, 5.41) is 10.1. The van der Waals surface area contributed by atoms with Crippen molar-refractivity contribution in [1.82, 2.24) is 9.55 Å². The molecule has 168 valence electrons. The van der Waals surface area contributed by atoms with Crippen LogP contribution in [0.3, 0.4) is 0 Å². The first-order valence-corrected chi connectivity index (χ1v) is 11.6. The summed E-state index contributed by atoms with van der Waals surface area (Å²) in [6.45, 7) is 3.89. The van der Waals surface area contributed by atoms with Gasteiger partial charge in [-0.15, -0.1) is 0 Å². The summed E-state index contributed by atoms with van der Waals surface area (Å²) >= 11 is 0. The van der Waals surface area contributed by atoms with Crippen molar-refractivity contribution in [2.75, 3.05) is 19.8 Å². The van der Waals surface area contributed by atoms with E-state index in [4.69, 9.17) is 13.9 Å². The maximum Gasteiger partial charge on any atom is 0.353 e. The van der Waals surface area contributed by atoms with Gasteiger partial charge < -0.3 is 19.0 Å². The molecule has 2 atom stereocenters. The molecule has 3 heterocycles. The molecule has 1 aliphatic heterocycles. The van der Waals surface area contributed by atoms with Crippen LogP contribution in [0.2, 0.25) is 0 Å². The maximum absolute atomic E-state index is 12.3. The quantitative estimate of drug-likeness (QED) is 0.457. The molecule has 2 aromatic heterocycles. The first kappa shape index (κ1) is 23.0. The summed E-state index contributed by atoms with van der Waals surface area (Å²) < 4.78 is 18.5. The summed E-state index contributed by atoms with van der Waals surface area (Å²) in [4.78, 5) is 16.4. The van der Waals surface area contributed by atoms with Crippen LogP contribution >= 0.6 is 0 Å². The monoisotopic (exact) mass is 420 g/mol. The van der Waals surface area contributed by atoms with Crippen molar-refractivity contribution in [2.45, 2.75) is 89.9 Å². The smallest absolute Gasteiger partial charge is 0.353 e. The second-order valence-corrected chi connectivity index (χ2v) is 8.21. The van der Waals surface area contributed by atoms with Crippen LogP contribution in [0.25, 0.3) is 11.1 Å².